The van der Waals surface area contributed by atoms with Crippen molar-refractivity contribution in [3.63, 3.8) is 0 Å². The molecule has 204 valence electrons. The Kier molecular flexibility index (Phi) is 7.99. The molecule has 1 spiro atoms. The third-order valence-corrected chi connectivity index (χ3v) is 8.42. The van der Waals surface area contributed by atoms with Crippen molar-refractivity contribution in [1.82, 2.24) is 19.6 Å². The Morgan fingerprint density at radius 2 is 1.70 bits per heavy atom. The van der Waals surface area contributed by atoms with Crippen LogP contribution in [0.3, 0.4) is 0 Å². The summed E-state index contributed by atoms with van der Waals surface area (Å²) in [4.78, 5) is 49.5. The summed E-state index contributed by atoms with van der Waals surface area (Å²) in [5, 5.41) is 9.35. The Morgan fingerprint density at radius 1 is 0.946 bits per heavy atom. The Morgan fingerprint density at radius 3 is 2.46 bits per heavy atom. The van der Waals surface area contributed by atoms with Crippen LogP contribution in [0.5, 0.6) is 0 Å². The van der Waals surface area contributed by atoms with Crippen LogP contribution < -0.4 is 0 Å². The van der Waals surface area contributed by atoms with Gasteiger partial charge in [0, 0.05) is 59.0 Å². The van der Waals surface area contributed by atoms with Crippen molar-refractivity contribution in [3.05, 3.63) is 24.3 Å². The van der Waals surface area contributed by atoms with Crippen LogP contribution in [0.4, 0.5) is 0 Å². The lowest BCUT2D eigenvalue weighted by molar-refractivity contribution is -0.148. The molecule has 5 atom stereocenters. The van der Waals surface area contributed by atoms with Crippen molar-refractivity contribution in [1.29, 1.82) is 0 Å². The van der Waals surface area contributed by atoms with Gasteiger partial charge in [0.1, 0.15) is 11.6 Å². The molecule has 3 saturated heterocycles. The SMILES string of the molecule is CCCN1CC=C[C@@H]2O[C@]34C=CCN(CCN5CCOCC5)C(=O)C3N(CCCCO)C(=O)[C@@H]4[C@@H]2C1=O. The van der Waals surface area contributed by atoms with Crippen LogP contribution >= 0.6 is 0 Å². The average Bonchev–Trinajstić information content (AvgIpc) is 3.22. The number of rotatable bonds is 9. The fourth-order valence-electron chi connectivity index (χ4n) is 6.63. The largest absolute Gasteiger partial charge is 0.396 e. The Labute approximate surface area is 218 Å². The maximum atomic E-state index is 14.2. The summed E-state index contributed by atoms with van der Waals surface area (Å²) >= 11 is 0. The van der Waals surface area contributed by atoms with E-state index in [1.165, 1.54) is 0 Å². The molecule has 0 saturated carbocycles. The molecule has 0 radical (unpaired) electrons. The average molecular weight is 517 g/mol. The Balaban J connectivity index is 1.45. The number of likely N-dealkylation sites (tertiary alicyclic amines) is 1. The third-order valence-electron chi connectivity index (χ3n) is 8.42. The fourth-order valence-corrected chi connectivity index (χ4v) is 6.63. The molecule has 5 heterocycles. The lowest BCUT2D eigenvalue weighted by Gasteiger charge is -2.36. The summed E-state index contributed by atoms with van der Waals surface area (Å²) < 4.78 is 12.1. The van der Waals surface area contributed by atoms with E-state index in [0.29, 0.717) is 58.8 Å². The number of fused-ring (bicyclic) bond motifs is 2. The van der Waals surface area contributed by atoms with Gasteiger partial charge in [-0.1, -0.05) is 31.2 Å². The zero-order valence-corrected chi connectivity index (χ0v) is 21.8. The van der Waals surface area contributed by atoms with E-state index in [-0.39, 0.29) is 24.3 Å². The normalized spacial score (nSPS) is 34.0. The number of hydrogen-bond acceptors (Lipinski definition) is 7. The minimum absolute atomic E-state index is 0.0250. The van der Waals surface area contributed by atoms with Gasteiger partial charge in [0.2, 0.25) is 17.7 Å². The van der Waals surface area contributed by atoms with Crippen LogP contribution in [0.1, 0.15) is 26.2 Å². The van der Waals surface area contributed by atoms with E-state index in [2.05, 4.69) is 4.90 Å². The molecular weight excluding hydrogens is 476 g/mol. The second-order valence-corrected chi connectivity index (χ2v) is 10.7. The molecule has 0 aromatic rings. The van der Waals surface area contributed by atoms with Crippen LogP contribution in [-0.4, -0.2) is 132 Å². The van der Waals surface area contributed by atoms with E-state index in [0.717, 1.165) is 26.1 Å². The minimum Gasteiger partial charge on any atom is -0.396 e. The summed E-state index contributed by atoms with van der Waals surface area (Å²) in [6.07, 6.45) is 9.11. The molecule has 0 aromatic heterocycles. The highest BCUT2D eigenvalue weighted by atomic mass is 16.5. The molecule has 5 aliphatic rings. The lowest BCUT2D eigenvalue weighted by atomic mass is 9.77. The van der Waals surface area contributed by atoms with Crippen LogP contribution in [-0.2, 0) is 23.9 Å². The quantitative estimate of drug-likeness (QED) is 0.337. The van der Waals surface area contributed by atoms with Crippen molar-refractivity contribution in [2.24, 2.45) is 11.8 Å². The number of hydrogen-bond donors (Lipinski definition) is 1. The molecule has 10 heteroatoms. The van der Waals surface area contributed by atoms with Crippen molar-refractivity contribution >= 4 is 17.7 Å². The van der Waals surface area contributed by atoms with Crippen LogP contribution in [0.25, 0.3) is 0 Å². The molecule has 10 nitrogen and oxygen atoms in total. The first-order chi connectivity index (χ1) is 18.0. The van der Waals surface area contributed by atoms with Crippen LogP contribution in [0, 0.1) is 11.8 Å². The Hall–Kier alpha value is -2.27. The molecule has 5 aliphatic heterocycles. The van der Waals surface area contributed by atoms with Crippen molar-refractivity contribution in [2.45, 2.75) is 43.9 Å². The fraction of sp³-hybridized carbons (Fsp3) is 0.741. The second kappa shape index (κ2) is 11.2. The molecule has 3 fully saturated rings. The highest BCUT2D eigenvalue weighted by Crippen LogP contribution is 2.53. The number of ether oxygens (including phenoxy) is 2. The van der Waals surface area contributed by atoms with E-state index in [1.54, 1.807) is 9.80 Å². The molecule has 0 aromatic carbocycles. The standard InChI is InChI=1S/C27H40N4O6/c1-2-9-29-10-5-7-20-21(24(29)33)22-25(34)31(12-3-4-17-32)23-26(35)30(11-6-8-27(22,23)37-20)14-13-28-15-18-36-19-16-28/h5-8,20-23,32H,2-4,9-19H2,1H3/t20-,21+,22-,23?,27-/m0/s1. The van der Waals surface area contributed by atoms with Gasteiger partial charge in [0.05, 0.1) is 31.2 Å². The molecular formula is C27H40N4O6. The number of unbranched alkanes of at least 4 members (excludes halogenated alkanes) is 1. The zero-order chi connectivity index (χ0) is 26.0. The van der Waals surface area contributed by atoms with Crippen molar-refractivity contribution in [2.75, 3.05) is 72.2 Å². The Bertz CT molecular complexity index is 934. The van der Waals surface area contributed by atoms with Gasteiger partial charge in [-0.3, -0.25) is 19.3 Å². The monoisotopic (exact) mass is 516 g/mol. The minimum atomic E-state index is -1.17. The van der Waals surface area contributed by atoms with Crippen molar-refractivity contribution in [3.8, 4) is 0 Å². The number of aliphatic hydroxyl groups excluding tert-OH is 1. The van der Waals surface area contributed by atoms with E-state index in [1.807, 2.05) is 36.1 Å². The van der Waals surface area contributed by atoms with E-state index in [4.69, 9.17) is 9.47 Å². The van der Waals surface area contributed by atoms with Gasteiger partial charge in [-0.05, 0) is 19.3 Å². The first-order valence-corrected chi connectivity index (χ1v) is 13.8. The summed E-state index contributed by atoms with van der Waals surface area (Å²) in [5.41, 5.74) is -1.17. The van der Waals surface area contributed by atoms with E-state index in [9.17, 15) is 19.5 Å². The summed E-state index contributed by atoms with van der Waals surface area (Å²) in [5.74, 6) is -1.79. The first kappa shape index (κ1) is 26.3. The van der Waals surface area contributed by atoms with Crippen molar-refractivity contribution < 1.29 is 29.0 Å². The van der Waals surface area contributed by atoms with E-state index >= 15 is 0 Å². The number of morpholine rings is 1. The van der Waals surface area contributed by atoms with Gasteiger partial charge in [-0.15, -0.1) is 0 Å². The number of aliphatic hydroxyl groups is 1. The van der Waals surface area contributed by atoms with Gasteiger partial charge >= 0.3 is 0 Å². The highest BCUT2D eigenvalue weighted by Gasteiger charge is 2.71. The molecule has 37 heavy (non-hydrogen) atoms. The number of amides is 3. The first-order valence-electron chi connectivity index (χ1n) is 13.8. The summed E-state index contributed by atoms with van der Waals surface area (Å²) in [6, 6.07) is -0.820. The second-order valence-electron chi connectivity index (χ2n) is 10.7. The molecule has 0 bridgehead atoms. The zero-order valence-electron chi connectivity index (χ0n) is 21.8. The van der Waals surface area contributed by atoms with Gasteiger partial charge in [-0.25, -0.2) is 0 Å². The number of carbonyl (C=O) groups is 3. The van der Waals surface area contributed by atoms with Gasteiger partial charge in [-0.2, -0.15) is 0 Å². The summed E-state index contributed by atoms with van der Waals surface area (Å²) in [6.45, 7) is 8.34. The lowest BCUT2D eigenvalue weighted by Crippen LogP contribution is -2.56. The molecule has 5 rings (SSSR count). The number of nitrogens with zero attached hydrogens (tertiary/aromatic N) is 4. The van der Waals surface area contributed by atoms with Gasteiger partial charge in [0.15, 0.2) is 0 Å². The molecule has 1 unspecified atom stereocenters. The molecule has 3 amide bonds. The van der Waals surface area contributed by atoms with Gasteiger partial charge in [0.25, 0.3) is 0 Å². The third kappa shape index (κ3) is 4.73. The molecule has 1 N–H and O–H groups in total. The maximum absolute atomic E-state index is 14.2. The smallest absolute Gasteiger partial charge is 0.249 e. The highest BCUT2D eigenvalue weighted by molar-refractivity contribution is 5.99. The molecule has 0 aliphatic carbocycles. The number of carbonyl (C=O) groups excluding carboxylic acids is 3. The van der Waals surface area contributed by atoms with Crippen LogP contribution in [0.15, 0.2) is 24.3 Å². The van der Waals surface area contributed by atoms with Gasteiger partial charge < -0.3 is 29.3 Å². The predicted molar refractivity (Wildman–Crippen MR) is 135 cm³/mol. The van der Waals surface area contributed by atoms with E-state index < -0.39 is 29.6 Å². The topological polar surface area (TPSA) is 103 Å². The summed E-state index contributed by atoms with van der Waals surface area (Å²) in [7, 11) is 0. The van der Waals surface area contributed by atoms with Crippen LogP contribution in [0.2, 0.25) is 0 Å². The maximum Gasteiger partial charge on any atom is 0.249 e. The predicted octanol–water partition coefficient (Wildman–Crippen LogP) is -0.121.